The van der Waals surface area contributed by atoms with Gasteiger partial charge in [0, 0.05) is 24.0 Å². The van der Waals surface area contributed by atoms with Crippen molar-refractivity contribution in [3.8, 4) is 0 Å². The molecule has 4 heteroatoms. The molecule has 128 valence electrons. The quantitative estimate of drug-likeness (QED) is 0.834. The van der Waals surface area contributed by atoms with Crippen molar-refractivity contribution in [2.75, 3.05) is 25.4 Å². The molecule has 1 aromatic carbocycles. The van der Waals surface area contributed by atoms with E-state index in [1.165, 1.54) is 5.56 Å². The molecule has 2 rings (SSSR count). The molecule has 0 aliphatic carbocycles. The minimum atomic E-state index is 0.157. The van der Waals surface area contributed by atoms with Crippen LogP contribution in [-0.2, 0) is 10.2 Å². The molecule has 0 unspecified atom stereocenters. The molecule has 1 amide bonds. The molecule has 1 fully saturated rings. The first kappa shape index (κ1) is 18.3. The third-order valence-corrected chi connectivity index (χ3v) is 5.50. The molecule has 0 saturated carbocycles. The van der Waals surface area contributed by atoms with E-state index in [-0.39, 0.29) is 11.3 Å². The van der Waals surface area contributed by atoms with Crippen molar-refractivity contribution in [2.24, 2.45) is 0 Å². The van der Waals surface area contributed by atoms with E-state index < -0.39 is 0 Å². The van der Waals surface area contributed by atoms with Crippen molar-refractivity contribution in [3.05, 3.63) is 29.8 Å². The number of rotatable bonds is 5. The van der Waals surface area contributed by atoms with E-state index in [0.717, 1.165) is 37.4 Å². The summed E-state index contributed by atoms with van der Waals surface area (Å²) >= 11 is 1.62. The van der Waals surface area contributed by atoms with Gasteiger partial charge in [0.1, 0.15) is 0 Å². The van der Waals surface area contributed by atoms with Gasteiger partial charge in [-0.1, -0.05) is 39.8 Å². The van der Waals surface area contributed by atoms with Crippen LogP contribution in [0.3, 0.4) is 0 Å². The first-order valence-corrected chi connectivity index (χ1v) is 9.62. The third-order valence-electron chi connectivity index (χ3n) is 4.49. The summed E-state index contributed by atoms with van der Waals surface area (Å²) in [4.78, 5) is 15.7. The van der Waals surface area contributed by atoms with Crippen LogP contribution >= 0.6 is 11.8 Å². The Hall–Kier alpha value is -1.00. The number of nitrogens with zero attached hydrogens (tertiary/aromatic N) is 1. The minimum absolute atomic E-state index is 0.157. The van der Waals surface area contributed by atoms with Crippen LogP contribution in [0.25, 0.3) is 0 Å². The first-order valence-electron chi connectivity index (χ1n) is 8.63. The summed E-state index contributed by atoms with van der Waals surface area (Å²) in [6.07, 6.45) is 2.15. The van der Waals surface area contributed by atoms with E-state index in [4.69, 9.17) is 0 Å². The smallest absolute Gasteiger partial charge is 0.230 e. The van der Waals surface area contributed by atoms with Crippen LogP contribution in [0.2, 0.25) is 0 Å². The van der Waals surface area contributed by atoms with E-state index in [1.807, 2.05) is 0 Å². The minimum Gasteiger partial charge on any atom is -0.353 e. The molecule has 1 aromatic rings. The number of carbonyl (C=O) groups excluding carboxylic acids is 1. The van der Waals surface area contributed by atoms with E-state index >= 15 is 0 Å². The average Bonchev–Trinajstić information content (AvgIpc) is 2.53. The fraction of sp³-hybridized carbons (Fsp3) is 0.632. The molecule has 0 atom stereocenters. The van der Waals surface area contributed by atoms with E-state index in [0.29, 0.717) is 11.8 Å². The lowest BCUT2D eigenvalue weighted by molar-refractivity contribution is -0.119. The van der Waals surface area contributed by atoms with E-state index in [2.05, 4.69) is 62.2 Å². The van der Waals surface area contributed by atoms with Crippen LogP contribution in [0.15, 0.2) is 29.2 Å². The molecular weight excluding hydrogens is 304 g/mol. The first-order chi connectivity index (χ1) is 10.9. The van der Waals surface area contributed by atoms with Gasteiger partial charge in [-0.2, -0.15) is 0 Å². The van der Waals surface area contributed by atoms with Gasteiger partial charge in [0.05, 0.1) is 5.75 Å². The van der Waals surface area contributed by atoms with Crippen LogP contribution in [-0.4, -0.2) is 42.2 Å². The van der Waals surface area contributed by atoms with Gasteiger partial charge < -0.3 is 10.2 Å². The monoisotopic (exact) mass is 334 g/mol. The van der Waals surface area contributed by atoms with Gasteiger partial charge in [0.2, 0.25) is 5.91 Å². The Balaban J connectivity index is 1.74. The Kier molecular flexibility index (Phi) is 6.54. The van der Waals surface area contributed by atoms with Crippen LogP contribution in [0.1, 0.15) is 46.1 Å². The van der Waals surface area contributed by atoms with E-state index in [1.54, 1.807) is 11.8 Å². The zero-order valence-corrected chi connectivity index (χ0v) is 15.7. The molecular formula is C19H30N2OS. The normalized spacial score (nSPS) is 17.2. The Morgan fingerprint density at radius 3 is 2.35 bits per heavy atom. The second-order valence-electron chi connectivity index (χ2n) is 7.34. The molecule has 0 radical (unpaired) electrons. The molecule has 23 heavy (non-hydrogen) atoms. The SMILES string of the molecule is CCN1CCC(NC(=O)CSc2ccc(C(C)(C)C)cc2)CC1. The Morgan fingerprint density at radius 2 is 1.83 bits per heavy atom. The van der Waals surface area contributed by atoms with Crippen LogP contribution in [0, 0.1) is 0 Å². The van der Waals surface area contributed by atoms with Gasteiger partial charge in [0.15, 0.2) is 0 Å². The maximum atomic E-state index is 12.1. The number of piperidine rings is 1. The van der Waals surface area contributed by atoms with Crippen LogP contribution < -0.4 is 5.32 Å². The number of likely N-dealkylation sites (tertiary alicyclic amines) is 1. The summed E-state index contributed by atoms with van der Waals surface area (Å²) in [6, 6.07) is 8.94. The second-order valence-corrected chi connectivity index (χ2v) is 8.39. The molecule has 1 aliphatic rings. The maximum absolute atomic E-state index is 12.1. The van der Waals surface area contributed by atoms with Gasteiger partial charge in [-0.15, -0.1) is 11.8 Å². The number of nitrogens with one attached hydrogen (secondary N) is 1. The highest BCUT2D eigenvalue weighted by molar-refractivity contribution is 8.00. The lowest BCUT2D eigenvalue weighted by Crippen LogP contribution is -2.45. The highest BCUT2D eigenvalue weighted by atomic mass is 32.2. The number of amides is 1. The van der Waals surface area contributed by atoms with Gasteiger partial charge >= 0.3 is 0 Å². The molecule has 0 bridgehead atoms. The lowest BCUT2D eigenvalue weighted by Gasteiger charge is -2.31. The Bertz CT molecular complexity index is 499. The van der Waals surface area contributed by atoms with Crippen molar-refractivity contribution in [2.45, 2.75) is 56.9 Å². The summed E-state index contributed by atoms with van der Waals surface area (Å²) in [5.41, 5.74) is 1.50. The zero-order valence-electron chi connectivity index (χ0n) is 14.9. The third kappa shape index (κ3) is 5.85. The molecule has 3 nitrogen and oxygen atoms in total. The van der Waals surface area contributed by atoms with Crippen LogP contribution in [0.5, 0.6) is 0 Å². The highest BCUT2D eigenvalue weighted by Gasteiger charge is 2.19. The van der Waals surface area contributed by atoms with E-state index in [9.17, 15) is 4.79 Å². The maximum Gasteiger partial charge on any atom is 0.230 e. The number of benzene rings is 1. The standard InChI is InChI=1S/C19H30N2OS/c1-5-21-12-10-16(11-13-21)20-18(22)14-23-17-8-6-15(7-9-17)19(2,3)4/h6-9,16H,5,10-14H2,1-4H3,(H,20,22). The fourth-order valence-electron chi connectivity index (χ4n) is 2.86. The molecule has 1 aliphatic heterocycles. The summed E-state index contributed by atoms with van der Waals surface area (Å²) < 4.78 is 0. The van der Waals surface area contributed by atoms with Crippen molar-refractivity contribution >= 4 is 17.7 Å². The van der Waals surface area contributed by atoms with Crippen LogP contribution in [0.4, 0.5) is 0 Å². The van der Waals surface area contributed by atoms with Crippen molar-refractivity contribution in [3.63, 3.8) is 0 Å². The number of carbonyl (C=O) groups is 1. The second kappa shape index (κ2) is 8.20. The predicted octanol–water partition coefficient (Wildman–Crippen LogP) is 3.68. The molecule has 1 saturated heterocycles. The van der Waals surface area contributed by atoms with Gasteiger partial charge in [0.25, 0.3) is 0 Å². The summed E-state index contributed by atoms with van der Waals surface area (Å²) in [7, 11) is 0. The Labute approximate surface area is 145 Å². The largest absolute Gasteiger partial charge is 0.353 e. The molecule has 0 spiro atoms. The summed E-state index contributed by atoms with van der Waals surface area (Å²) in [5, 5.41) is 3.18. The van der Waals surface area contributed by atoms with Crippen molar-refractivity contribution in [1.29, 1.82) is 0 Å². The Morgan fingerprint density at radius 1 is 1.22 bits per heavy atom. The molecule has 1 heterocycles. The van der Waals surface area contributed by atoms with Gasteiger partial charge in [-0.3, -0.25) is 4.79 Å². The van der Waals surface area contributed by atoms with Crippen molar-refractivity contribution < 1.29 is 4.79 Å². The average molecular weight is 335 g/mol. The molecule has 1 N–H and O–H groups in total. The number of hydrogen-bond acceptors (Lipinski definition) is 3. The summed E-state index contributed by atoms with van der Waals surface area (Å²) in [5.74, 6) is 0.660. The zero-order chi connectivity index (χ0) is 16.9. The predicted molar refractivity (Wildman–Crippen MR) is 99.1 cm³/mol. The van der Waals surface area contributed by atoms with Crippen molar-refractivity contribution in [1.82, 2.24) is 10.2 Å². The number of thioether (sulfide) groups is 1. The molecule has 0 aromatic heterocycles. The van der Waals surface area contributed by atoms with Gasteiger partial charge in [-0.25, -0.2) is 0 Å². The van der Waals surface area contributed by atoms with Gasteiger partial charge in [-0.05, 0) is 42.5 Å². The number of hydrogen-bond donors (Lipinski definition) is 1. The highest BCUT2D eigenvalue weighted by Crippen LogP contribution is 2.25. The topological polar surface area (TPSA) is 32.3 Å². The summed E-state index contributed by atoms with van der Waals surface area (Å²) in [6.45, 7) is 12.2. The fourth-order valence-corrected chi connectivity index (χ4v) is 3.57. The lowest BCUT2D eigenvalue weighted by atomic mass is 9.87.